The second-order valence-corrected chi connectivity index (χ2v) is 8.98. The van der Waals surface area contributed by atoms with Crippen LogP contribution >= 0.6 is 0 Å². The molecule has 0 aliphatic carbocycles. The Morgan fingerprint density at radius 3 is 2.72 bits per heavy atom. The van der Waals surface area contributed by atoms with E-state index in [0.29, 0.717) is 49.7 Å². The van der Waals surface area contributed by atoms with Crippen LogP contribution in [0.3, 0.4) is 0 Å². The fourth-order valence-corrected chi connectivity index (χ4v) is 4.70. The number of morpholine rings is 1. The van der Waals surface area contributed by atoms with Crippen LogP contribution in [0.15, 0.2) is 45.7 Å². The number of hydrogen-bond acceptors (Lipinski definition) is 8. The van der Waals surface area contributed by atoms with Crippen molar-refractivity contribution in [2.75, 3.05) is 40.0 Å². The molecule has 2 aliphatic heterocycles. The molecule has 1 aromatic carbocycles. The molecule has 6 rings (SSSR count). The van der Waals surface area contributed by atoms with Crippen molar-refractivity contribution in [2.45, 2.75) is 19.5 Å². The molecule has 4 aromatic rings. The number of amides is 1. The molecule has 1 N–H and O–H groups in total. The second-order valence-electron chi connectivity index (χ2n) is 8.98. The number of nitrogens with zero attached hydrogens (tertiary/aromatic N) is 5. The SMILES string of the molecule is COc1ccc(-c2cc3nc4c(c(=O)n3[nH]2)CN(C(=O)c2cc(CN3CCOCC3)on2)CC4)cc1. The van der Waals surface area contributed by atoms with Crippen molar-refractivity contribution in [3.05, 3.63) is 69.5 Å². The molecule has 3 aromatic heterocycles. The van der Waals surface area contributed by atoms with Crippen LogP contribution in [0.2, 0.25) is 0 Å². The first-order valence-corrected chi connectivity index (χ1v) is 11.9. The summed E-state index contributed by atoms with van der Waals surface area (Å²) < 4.78 is 17.4. The maximum absolute atomic E-state index is 13.3. The summed E-state index contributed by atoms with van der Waals surface area (Å²) in [5.74, 6) is 1.14. The molecule has 2 aliphatic rings. The van der Waals surface area contributed by atoms with Gasteiger partial charge in [0, 0.05) is 38.2 Å². The van der Waals surface area contributed by atoms with E-state index in [2.05, 4.69) is 15.2 Å². The molecule has 0 saturated carbocycles. The number of carbonyl (C=O) groups excluding carboxylic acids is 1. The average Bonchev–Trinajstić information content (AvgIpc) is 3.56. The van der Waals surface area contributed by atoms with Gasteiger partial charge in [-0.15, -0.1) is 0 Å². The van der Waals surface area contributed by atoms with Gasteiger partial charge in [0.25, 0.3) is 11.5 Å². The average molecular weight is 491 g/mol. The molecule has 1 amide bonds. The van der Waals surface area contributed by atoms with Gasteiger partial charge < -0.3 is 18.9 Å². The molecular weight excluding hydrogens is 464 g/mol. The lowest BCUT2D eigenvalue weighted by molar-refractivity contribution is 0.0305. The predicted molar refractivity (Wildman–Crippen MR) is 129 cm³/mol. The minimum Gasteiger partial charge on any atom is -0.497 e. The minimum atomic E-state index is -0.257. The molecule has 0 atom stereocenters. The molecule has 5 heterocycles. The molecule has 0 unspecified atom stereocenters. The number of carbonyl (C=O) groups is 1. The van der Waals surface area contributed by atoms with E-state index in [1.54, 1.807) is 18.1 Å². The highest BCUT2D eigenvalue weighted by atomic mass is 16.5. The third-order valence-electron chi connectivity index (χ3n) is 6.71. The summed E-state index contributed by atoms with van der Waals surface area (Å²) in [5, 5.41) is 7.14. The molecule has 36 heavy (non-hydrogen) atoms. The Bertz CT molecular complexity index is 1460. The molecule has 1 saturated heterocycles. The number of H-pyrrole nitrogens is 1. The third-order valence-corrected chi connectivity index (χ3v) is 6.71. The third kappa shape index (κ3) is 4.16. The van der Waals surface area contributed by atoms with E-state index in [9.17, 15) is 9.59 Å². The van der Waals surface area contributed by atoms with E-state index < -0.39 is 0 Å². The van der Waals surface area contributed by atoms with Crippen LogP contribution in [-0.2, 0) is 24.2 Å². The van der Waals surface area contributed by atoms with Crippen molar-refractivity contribution in [1.82, 2.24) is 29.6 Å². The first-order chi connectivity index (χ1) is 17.6. The van der Waals surface area contributed by atoms with Gasteiger partial charge in [0.2, 0.25) is 0 Å². The Morgan fingerprint density at radius 2 is 1.94 bits per heavy atom. The van der Waals surface area contributed by atoms with Crippen LogP contribution in [0.1, 0.15) is 27.5 Å². The van der Waals surface area contributed by atoms with E-state index in [1.165, 1.54) is 4.52 Å². The zero-order chi connectivity index (χ0) is 24.6. The van der Waals surface area contributed by atoms with Crippen molar-refractivity contribution in [1.29, 1.82) is 0 Å². The quantitative estimate of drug-likeness (QED) is 0.449. The lowest BCUT2D eigenvalue weighted by Crippen LogP contribution is -2.40. The highest BCUT2D eigenvalue weighted by Gasteiger charge is 2.28. The van der Waals surface area contributed by atoms with Gasteiger partial charge in [0.1, 0.15) is 5.75 Å². The summed E-state index contributed by atoms with van der Waals surface area (Å²) >= 11 is 0. The van der Waals surface area contributed by atoms with E-state index in [1.807, 2.05) is 30.3 Å². The number of methoxy groups -OCH3 is 1. The first-order valence-electron chi connectivity index (χ1n) is 11.9. The molecule has 11 heteroatoms. The largest absolute Gasteiger partial charge is 0.497 e. The Labute approximate surface area is 206 Å². The maximum atomic E-state index is 13.3. The van der Waals surface area contributed by atoms with Gasteiger partial charge in [-0.3, -0.25) is 19.6 Å². The molecular formula is C25H26N6O5. The summed E-state index contributed by atoms with van der Waals surface area (Å²) in [7, 11) is 1.62. The Hall–Kier alpha value is -3.96. The summed E-state index contributed by atoms with van der Waals surface area (Å²) in [6, 6.07) is 11.1. The number of aromatic nitrogens is 4. The summed E-state index contributed by atoms with van der Waals surface area (Å²) in [6.45, 7) is 4.22. The number of ether oxygens (including phenoxy) is 2. The smallest absolute Gasteiger partial charge is 0.277 e. The van der Waals surface area contributed by atoms with Crippen molar-refractivity contribution >= 4 is 11.6 Å². The van der Waals surface area contributed by atoms with Crippen molar-refractivity contribution in [3.8, 4) is 17.0 Å². The van der Waals surface area contributed by atoms with Gasteiger partial charge in [0.05, 0.1) is 50.4 Å². The number of aromatic amines is 1. The molecule has 0 radical (unpaired) electrons. The predicted octanol–water partition coefficient (Wildman–Crippen LogP) is 1.72. The van der Waals surface area contributed by atoms with Crippen molar-refractivity contribution < 1.29 is 18.8 Å². The van der Waals surface area contributed by atoms with Gasteiger partial charge >= 0.3 is 0 Å². The van der Waals surface area contributed by atoms with Crippen LogP contribution in [0, 0.1) is 0 Å². The fraction of sp³-hybridized carbons (Fsp3) is 0.360. The molecule has 0 spiro atoms. The van der Waals surface area contributed by atoms with Crippen LogP contribution in [0.4, 0.5) is 0 Å². The standard InChI is InChI=1S/C25H26N6O5/c1-34-17-4-2-16(3-5-17)21-13-23-26-20-6-7-30(15-19(20)24(32)31(23)27-21)25(33)22-12-18(36-28-22)14-29-8-10-35-11-9-29/h2-5,12-13,27H,6-11,14-15H2,1H3. The molecule has 11 nitrogen and oxygen atoms in total. The van der Waals surface area contributed by atoms with E-state index in [0.717, 1.165) is 35.8 Å². The Kier molecular flexibility index (Phi) is 5.78. The van der Waals surface area contributed by atoms with E-state index >= 15 is 0 Å². The lowest BCUT2D eigenvalue weighted by Gasteiger charge is -2.26. The summed E-state index contributed by atoms with van der Waals surface area (Å²) in [5.41, 5.74) is 3.50. The van der Waals surface area contributed by atoms with Gasteiger partial charge in [-0.25, -0.2) is 9.50 Å². The highest BCUT2D eigenvalue weighted by molar-refractivity contribution is 5.92. The van der Waals surface area contributed by atoms with Gasteiger partial charge in [-0.2, -0.15) is 0 Å². The van der Waals surface area contributed by atoms with E-state index in [-0.39, 0.29) is 23.7 Å². The maximum Gasteiger partial charge on any atom is 0.277 e. The minimum absolute atomic E-state index is 0.172. The normalized spacial score (nSPS) is 16.3. The number of hydrogen-bond donors (Lipinski definition) is 1. The van der Waals surface area contributed by atoms with Gasteiger partial charge in [0.15, 0.2) is 17.1 Å². The number of rotatable bonds is 5. The number of benzene rings is 1. The fourth-order valence-electron chi connectivity index (χ4n) is 4.70. The van der Waals surface area contributed by atoms with Crippen molar-refractivity contribution in [2.24, 2.45) is 0 Å². The number of nitrogens with one attached hydrogen (secondary N) is 1. The van der Waals surface area contributed by atoms with Crippen LogP contribution in [0.25, 0.3) is 16.9 Å². The van der Waals surface area contributed by atoms with Gasteiger partial charge in [-0.05, 0) is 29.8 Å². The molecule has 186 valence electrons. The zero-order valence-corrected chi connectivity index (χ0v) is 19.9. The lowest BCUT2D eigenvalue weighted by atomic mass is 10.1. The first kappa shape index (κ1) is 22.5. The Balaban J connectivity index is 1.22. The van der Waals surface area contributed by atoms with Gasteiger partial charge in [-0.1, -0.05) is 5.16 Å². The second kappa shape index (κ2) is 9.25. The van der Waals surface area contributed by atoms with Crippen LogP contribution in [-0.4, -0.2) is 75.4 Å². The van der Waals surface area contributed by atoms with Crippen LogP contribution < -0.4 is 10.3 Å². The number of fused-ring (bicyclic) bond motifs is 2. The van der Waals surface area contributed by atoms with Crippen LogP contribution in [0.5, 0.6) is 5.75 Å². The topological polar surface area (TPSA) is 118 Å². The van der Waals surface area contributed by atoms with Crippen molar-refractivity contribution in [3.63, 3.8) is 0 Å². The summed E-state index contributed by atoms with van der Waals surface area (Å²) in [4.78, 5) is 35.0. The van der Waals surface area contributed by atoms with E-state index in [4.69, 9.17) is 19.0 Å². The summed E-state index contributed by atoms with van der Waals surface area (Å²) in [6.07, 6.45) is 0.494. The molecule has 0 bridgehead atoms. The Morgan fingerprint density at radius 1 is 1.14 bits per heavy atom. The zero-order valence-electron chi connectivity index (χ0n) is 19.9. The molecule has 1 fully saturated rings. The highest BCUT2D eigenvalue weighted by Crippen LogP contribution is 2.23. The monoisotopic (exact) mass is 490 g/mol.